The fourth-order valence-corrected chi connectivity index (χ4v) is 3.95. The second-order valence-electron chi connectivity index (χ2n) is 7.57. The van der Waals surface area contributed by atoms with Gasteiger partial charge in [-0.1, -0.05) is 35.3 Å². The number of anilines is 1. The smallest absolute Gasteiger partial charge is 0.335 e. The molecule has 9 nitrogen and oxygen atoms in total. The van der Waals surface area contributed by atoms with Crippen LogP contribution in [0.25, 0.3) is 6.08 Å². The molecule has 0 aliphatic carbocycles. The molecule has 0 atom stereocenters. The summed E-state index contributed by atoms with van der Waals surface area (Å²) in [5.74, 6) is -2.84. The van der Waals surface area contributed by atoms with Gasteiger partial charge in [-0.05, 0) is 60.2 Å². The van der Waals surface area contributed by atoms with E-state index in [0.717, 1.165) is 4.90 Å². The summed E-state index contributed by atoms with van der Waals surface area (Å²) >= 11 is 12.5. The zero-order chi connectivity index (χ0) is 26.0. The summed E-state index contributed by atoms with van der Waals surface area (Å²) in [6.07, 6.45) is 1.21. The number of rotatable bonds is 6. The summed E-state index contributed by atoms with van der Waals surface area (Å²) in [6, 6.07) is 13.2. The molecule has 1 fully saturated rings. The number of carbonyl (C=O) groups excluding carboxylic acids is 3. The van der Waals surface area contributed by atoms with Gasteiger partial charge >= 0.3 is 12.0 Å². The van der Waals surface area contributed by atoms with Crippen molar-refractivity contribution in [2.75, 3.05) is 4.90 Å². The Morgan fingerprint density at radius 3 is 2.31 bits per heavy atom. The van der Waals surface area contributed by atoms with Crippen molar-refractivity contribution in [3.8, 4) is 11.5 Å². The molecular formula is C25H16Cl2N2O7. The lowest BCUT2D eigenvalue weighted by molar-refractivity contribution is -0.122. The number of barbiturate groups is 1. The van der Waals surface area contributed by atoms with Gasteiger partial charge in [0.05, 0.1) is 16.3 Å². The number of urea groups is 1. The number of nitrogens with one attached hydrogen (secondary N) is 1. The number of amides is 4. The van der Waals surface area contributed by atoms with Crippen LogP contribution >= 0.6 is 23.2 Å². The number of phenolic OH excluding ortho intramolecular Hbond substituents is 1. The first-order chi connectivity index (χ1) is 17.1. The van der Waals surface area contributed by atoms with Crippen LogP contribution in [0.15, 0.2) is 66.2 Å². The summed E-state index contributed by atoms with van der Waals surface area (Å²) < 4.78 is 5.83. The van der Waals surface area contributed by atoms with E-state index in [0.29, 0.717) is 5.56 Å². The Kier molecular flexibility index (Phi) is 6.96. The number of aromatic hydroxyl groups is 1. The minimum absolute atomic E-state index is 0.00428. The third-order valence-corrected chi connectivity index (χ3v) is 5.63. The van der Waals surface area contributed by atoms with Crippen LogP contribution < -0.4 is 15.0 Å². The Morgan fingerprint density at radius 2 is 1.67 bits per heavy atom. The van der Waals surface area contributed by atoms with Crippen LogP contribution in [0.1, 0.15) is 21.5 Å². The fourth-order valence-electron chi connectivity index (χ4n) is 3.39. The second-order valence-corrected chi connectivity index (χ2v) is 8.41. The largest absolute Gasteiger partial charge is 0.508 e. The standard InChI is InChI=1S/C25H16Cl2N2O7/c26-16-9-15(21(20(27)11-16)36-12-13-1-3-14(4-2-13)24(33)34)10-19-22(31)28-25(35)29(23(19)32)17-5-7-18(30)8-6-17/h1-11,30H,12H2,(H,33,34)(H,28,31,35)/b19-10+. The Morgan fingerprint density at radius 1 is 1.00 bits per heavy atom. The van der Waals surface area contributed by atoms with E-state index in [1.807, 2.05) is 0 Å². The third kappa shape index (κ3) is 5.17. The lowest BCUT2D eigenvalue weighted by atomic mass is 10.1. The number of halogens is 2. The molecule has 4 rings (SSSR count). The molecule has 0 aromatic heterocycles. The molecule has 0 bridgehead atoms. The highest BCUT2D eigenvalue weighted by Gasteiger charge is 2.37. The number of benzene rings is 3. The van der Waals surface area contributed by atoms with Crippen molar-refractivity contribution in [3.05, 3.63) is 93.0 Å². The maximum absolute atomic E-state index is 13.1. The van der Waals surface area contributed by atoms with Crippen molar-refractivity contribution < 1.29 is 34.1 Å². The molecule has 0 spiro atoms. The highest BCUT2D eigenvalue weighted by atomic mass is 35.5. The van der Waals surface area contributed by atoms with Crippen molar-refractivity contribution in [2.24, 2.45) is 0 Å². The van der Waals surface area contributed by atoms with Crippen LogP contribution in [0.3, 0.4) is 0 Å². The molecule has 0 unspecified atom stereocenters. The summed E-state index contributed by atoms with van der Waals surface area (Å²) in [7, 11) is 0. The highest BCUT2D eigenvalue weighted by Crippen LogP contribution is 2.35. The molecule has 0 radical (unpaired) electrons. The predicted octanol–water partition coefficient (Wildman–Crippen LogP) is 4.64. The normalized spacial score (nSPS) is 14.7. The van der Waals surface area contributed by atoms with Crippen molar-refractivity contribution in [1.29, 1.82) is 0 Å². The average molecular weight is 527 g/mol. The lowest BCUT2D eigenvalue weighted by Crippen LogP contribution is -2.54. The van der Waals surface area contributed by atoms with Gasteiger partial charge in [0.25, 0.3) is 11.8 Å². The maximum Gasteiger partial charge on any atom is 0.335 e. The molecule has 1 heterocycles. The Bertz CT molecular complexity index is 1420. The first kappa shape index (κ1) is 24.8. The lowest BCUT2D eigenvalue weighted by Gasteiger charge is -2.26. The first-order valence-corrected chi connectivity index (χ1v) is 11.0. The molecule has 3 aromatic carbocycles. The number of hydrogen-bond acceptors (Lipinski definition) is 6. The summed E-state index contributed by atoms with van der Waals surface area (Å²) in [5, 5.41) is 20.9. The first-order valence-electron chi connectivity index (χ1n) is 10.3. The van der Waals surface area contributed by atoms with Gasteiger partial charge in [-0.25, -0.2) is 14.5 Å². The van der Waals surface area contributed by atoms with Crippen LogP contribution in [-0.4, -0.2) is 34.0 Å². The van der Waals surface area contributed by atoms with E-state index in [2.05, 4.69) is 5.32 Å². The number of aromatic carboxylic acids is 1. The van der Waals surface area contributed by atoms with E-state index in [-0.39, 0.29) is 50.5 Å². The minimum atomic E-state index is -1.06. The third-order valence-electron chi connectivity index (χ3n) is 5.13. The number of hydrogen-bond donors (Lipinski definition) is 3. The number of carboxylic acids is 1. The predicted molar refractivity (Wildman–Crippen MR) is 131 cm³/mol. The zero-order valence-corrected chi connectivity index (χ0v) is 19.7. The average Bonchev–Trinajstić information content (AvgIpc) is 2.82. The summed E-state index contributed by atoms with van der Waals surface area (Å²) in [6.45, 7) is -0.00428. The van der Waals surface area contributed by atoms with E-state index < -0.39 is 23.8 Å². The molecule has 36 heavy (non-hydrogen) atoms. The van der Waals surface area contributed by atoms with E-state index in [4.69, 9.17) is 33.0 Å². The Balaban J connectivity index is 1.67. The molecule has 1 aliphatic heterocycles. The Labute approximate surface area is 214 Å². The van der Waals surface area contributed by atoms with Crippen molar-refractivity contribution in [3.63, 3.8) is 0 Å². The SMILES string of the molecule is O=C1NC(=O)N(c2ccc(O)cc2)C(=O)/C1=C/c1cc(Cl)cc(Cl)c1OCc1ccc(C(=O)O)cc1. The van der Waals surface area contributed by atoms with E-state index in [1.165, 1.54) is 54.6 Å². The van der Waals surface area contributed by atoms with Gasteiger partial charge < -0.3 is 14.9 Å². The van der Waals surface area contributed by atoms with Crippen LogP contribution in [0.4, 0.5) is 10.5 Å². The maximum atomic E-state index is 13.1. The molecular weight excluding hydrogens is 511 g/mol. The van der Waals surface area contributed by atoms with E-state index in [1.54, 1.807) is 12.1 Å². The number of carboxylic acid groups (broad SMARTS) is 1. The van der Waals surface area contributed by atoms with Crippen LogP contribution in [-0.2, 0) is 16.2 Å². The van der Waals surface area contributed by atoms with Crippen LogP contribution in [0.5, 0.6) is 11.5 Å². The monoisotopic (exact) mass is 526 g/mol. The molecule has 11 heteroatoms. The number of phenols is 1. The topological polar surface area (TPSA) is 133 Å². The van der Waals surface area contributed by atoms with Gasteiger partial charge in [-0.2, -0.15) is 0 Å². The summed E-state index contributed by atoms with van der Waals surface area (Å²) in [4.78, 5) is 49.9. The molecule has 4 amide bonds. The highest BCUT2D eigenvalue weighted by molar-refractivity contribution is 6.40. The fraction of sp³-hybridized carbons (Fsp3) is 0.0400. The number of ether oxygens (including phenoxy) is 1. The molecule has 0 saturated carbocycles. The van der Waals surface area contributed by atoms with Gasteiger partial charge in [0.1, 0.15) is 23.7 Å². The quantitative estimate of drug-likeness (QED) is 0.314. The van der Waals surface area contributed by atoms with Crippen molar-refractivity contribution >= 4 is 58.8 Å². The number of nitrogens with zero attached hydrogens (tertiary/aromatic N) is 1. The van der Waals surface area contributed by atoms with Gasteiger partial charge in [0.15, 0.2) is 0 Å². The van der Waals surface area contributed by atoms with Crippen LogP contribution in [0.2, 0.25) is 10.0 Å². The number of carbonyl (C=O) groups is 4. The zero-order valence-electron chi connectivity index (χ0n) is 18.2. The number of imide groups is 2. The van der Waals surface area contributed by atoms with Gasteiger partial charge in [-0.15, -0.1) is 0 Å². The van der Waals surface area contributed by atoms with Gasteiger partial charge in [-0.3, -0.25) is 14.9 Å². The Hall–Kier alpha value is -4.34. The van der Waals surface area contributed by atoms with Crippen LogP contribution in [0, 0.1) is 0 Å². The molecule has 1 saturated heterocycles. The van der Waals surface area contributed by atoms with Crippen molar-refractivity contribution in [2.45, 2.75) is 6.61 Å². The molecule has 3 aromatic rings. The minimum Gasteiger partial charge on any atom is -0.508 e. The van der Waals surface area contributed by atoms with E-state index >= 15 is 0 Å². The molecule has 3 N–H and O–H groups in total. The second kappa shape index (κ2) is 10.1. The van der Waals surface area contributed by atoms with E-state index in [9.17, 15) is 24.3 Å². The van der Waals surface area contributed by atoms with Gasteiger partial charge in [0.2, 0.25) is 0 Å². The molecule has 1 aliphatic rings. The van der Waals surface area contributed by atoms with Crippen molar-refractivity contribution in [1.82, 2.24) is 5.32 Å². The van der Waals surface area contributed by atoms with Gasteiger partial charge in [0, 0.05) is 10.6 Å². The molecule has 182 valence electrons. The summed E-state index contributed by atoms with van der Waals surface area (Å²) in [5.41, 5.74) is 0.715.